The third-order valence-corrected chi connectivity index (χ3v) is 2.24. The van der Waals surface area contributed by atoms with Crippen molar-refractivity contribution >= 4 is 5.91 Å². The van der Waals surface area contributed by atoms with Gasteiger partial charge in [0, 0.05) is 6.54 Å². The van der Waals surface area contributed by atoms with Crippen molar-refractivity contribution in [2.45, 2.75) is 25.9 Å². The van der Waals surface area contributed by atoms with Crippen LogP contribution in [0.2, 0.25) is 0 Å². The molecule has 1 aromatic rings. The molecule has 0 fully saturated rings. The second-order valence-corrected chi connectivity index (χ2v) is 3.66. The van der Waals surface area contributed by atoms with Crippen LogP contribution in [0, 0.1) is 0 Å². The largest absolute Gasteiger partial charge is 0.388 e. The Morgan fingerprint density at radius 3 is 2.87 bits per heavy atom. The maximum atomic E-state index is 11.5. The molecular formula is C10H15N3O2. The van der Waals surface area contributed by atoms with Crippen LogP contribution in [0.4, 0.5) is 0 Å². The number of aliphatic hydroxyl groups is 1. The molecule has 0 saturated heterocycles. The molecule has 1 aromatic heterocycles. The van der Waals surface area contributed by atoms with Gasteiger partial charge in [0.05, 0.1) is 23.6 Å². The zero-order chi connectivity index (χ0) is 11.3. The maximum Gasteiger partial charge on any atom is 0.253 e. The summed E-state index contributed by atoms with van der Waals surface area (Å²) < 4.78 is 0. The number of aromatic nitrogens is 2. The van der Waals surface area contributed by atoms with Crippen LogP contribution in [0.3, 0.4) is 0 Å². The van der Waals surface area contributed by atoms with Gasteiger partial charge in [-0.15, -0.1) is 0 Å². The van der Waals surface area contributed by atoms with Crippen molar-refractivity contribution in [3.63, 3.8) is 0 Å². The predicted molar refractivity (Wildman–Crippen MR) is 55.3 cm³/mol. The van der Waals surface area contributed by atoms with E-state index in [-0.39, 0.29) is 12.5 Å². The van der Waals surface area contributed by atoms with E-state index >= 15 is 0 Å². The summed E-state index contributed by atoms with van der Waals surface area (Å²) in [5, 5.41) is 19.5. The Bertz CT molecular complexity index is 325. The highest BCUT2D eigenvalue weighted by Crippen LogP contribution is 2.06. The van der Waals surface area contributed by atoms with Gasteiger partial charge in [-0.1, -0.05) is 6.92 Å². The highest BCUT2D eigenvalue weighted by Gasteiger charge is 2.18. The van der Waals surface area contributed by atoms with Crippen LogP contribution in [0.15, 0.2) is 18.5 Å². The average molecular weight is 209 g/mol. The van der Waals surface area contributed by atoms with E-state index in [2.05, 4.69) is 15.5 Å². The number of carbonyl (C=O) groups excluding carboxylic acids is 1. The maximum absolute atomic E-state index is 11.5. The van der Waals surface area contributed by atoms with E-state index in [9.17, 15) is 9.90 Å². The molecule has 1 heterocycles. The first-order valence-electron chi connectivity index (χ1n) is 4.82. The Morgan fingerprint density at radius 1 is 1.60 bits per heavy atom. The third kappa shape index (κ3) is 3.63. The topological polar surface area (TPSA) is 75.1 Å². The van der Waals surface area contributed by atoms with Gasteiger partial charge in [-0.25, -0.2) is 0 Å². The molecule has 5 nitrogen and oxygen atoms in total. The van der Waals surface area contributed by atoms with Crippen LogP contribution in [0.25, 0.3) is 0 Å². The van der Waals surface area contributed by atoms with E-state index in [4.69, 9.17) is 0 Å². The number of nitrogens with one attached hydrogen (secondary N) is 1. The zero-order valence-corrected chi connectivity index (χ0v) is 8.90. The van der Waals surface area contributed by atoms with Gasteiger partial charge in [-0.05, 0) is 19.4 Å². The minimum Gasteiger partial charge on any atom is -0.388 e. The fraction of sp³-hybridized carbons (Fsp3) is 0.500. The molecule has 5 heteroatoms. The Morgan fingerprint density at radius 2 is 2.33 bits per heavy atom. The van der Waals surface area contributed by atoms with E-state index in [0.717, 1.165) is 0 Å². The smallest absolute Gasteiger partial charge is 0.253 e. The Balaban J connectivity index is 2.51. The second-order valence-electron chi connectivity index (χ2n) is 3.66. The van der Waals surface area contributed by atoms with Crippen LogP contribution in [0.1, 0.15) is 30.6 Å². The van der Waals surface area contributed by atoms with E-state index in [1.54, 1.807) is 13.0 Å². The van der Waals surface area contributed by atoms with Crippen LogP contribution < -0.4 is 5.32 Å². The lowest BCUT2D eigenvalue weighted by molar-refractivity contribution is 0.0518. The van der Waals surface area contributed by atoms with Crippen molar-refractivity contribution in [3.05, 3.63) is 24.0 Å². The molecule has 82 valence electrons. The lowest BCUT2D eigenvalue weighted by Gasteiger charge is -2.21. The minimum atomic E-state index is -0.865. The van der Waals surface area contributed by atoms with Gasteiger partial charge in [0.25, 0.3) is 5.91 Å². The number of carbonyl (C=O) groups is 1. The summed E-state index contributed by atoms with van der Waals surface area (Å²) >= 11 is 0. The molecule has 0 aliphatic carbocycles. The first kappa shape index (κ1) is 11.6. The van der Waals surface area contributed by atoms with Gasteiger partial charge in [-0.2, -0.15) is 10.2 Å². The standard InChI is InChI=1S/C10H15N3O2/c1-3-10(2,15)7-11-9(14)8-4-5-12-13-6-8/h4-6,15H,3,7H2,1-2H3,(H,11,14). The molecule has 0 aliphatic rings. The van der Waals surface area contributed by atoms with Gasteiger partial charge >= 0.3 is 0 Å². The van der Waals surface area contributed by atoms with E-state index in [1.807, 2.05) is 6.92 Å². The SMILES string of the molecule is CCC(C)(O)CNC(=O)c1ccnnc1. The minimum absolute atomic E-state index is 0.227. The summed E-state index contributed by atoms with van der Waals surface area (Å²) in [6, 6.07) is 1.57. The van der Waals surface area contributed by atoms with Crippen molar-refractivity contribution in [1.82, 2.24) is 15.5 Å². The van der Waals surface area contributed by atoms with Gasteiger partial charge in [0.1, 0.15) is 0 Å². The molecular weight excluding hydrogens is 194 g/mol. The van der Waals surface area contributed by atoms with E-state index < -0.39 is 5.60 Å². The molecule has 15 heavy (non-hydrogen) atoms. The second kappa shape index (κ2) is 4.84. The fourth-order valence-electron chi connectivity index (χ4n) is 0.923. The van der Waals surface area contributed by atoms with Crippen LogP contribution in [-0.2, 0) is 0 Å². The fourth-order valence-corrected chi connectivity index (χ4v) is 0.923. The molecule has 1 rings (SSSR count). The third-order valence-electron chi connectivity index (χ3n) is 2.24. The van der Waals surface area contributed by atoms with Crippen LogP contribution in [0.5, 0.6) is 0 Å². The summed E-state index contributed by atoms with van der Waals surface area (Å²) in [6.45, 7) is 3.77. The van der Waals surface area contributed by atoms with Gasteiger partial charge in [0.15, 0.2) is 0 Å². The lowest BCUT2D eigenvalue weighted by Crippen LogP contribution is -2.40. The summed E-state index contributed by atoms with van der Waals surface area (Å²) in [7, 11) is 0. The normalized spacial score (nSPS) is 14.3. The first-order valence-corrected chi connectivity index (χ1v) is 4.82. The number of hydrogen-bond donors (Lipinski definition) is 2. The number of nitrogens with zero attached hydrogens (tertiary/aromatic N) is 2. The Kier molecular flexibility index (Phi) is 3.74. The summed E-state index contributed by atoms with van der Waals surface area (Å²) in [4.78, 5) is 11.5. The van der Waals surface area contributed by atoms with Crippen LogP contribution >= 0.6 is 0 Å². The Hall–Kier alpha value is -1.49. The molecule has 0 bridgehead atoms. The van der Waals surface area contributed by atoms with E-state index in [1.165, 1.54) is 12.4 Å². The number of hydrogen-bond acceptors (Lipinski definition) is 4. The van der Waals surface area contributed by atoms with Crippen molar-refractivity contribution in [2.75, 3.05) is 6.54 Å². The summed E-state index contributed by atoms with van der Waals surface area (Å²) in [6.07, 6.45) is 3.42. The molecule has 0 saturated carbocycles. The monoisotopic (exact) mass is 209 g/mol. The molecule has 0 spiro atoms. The zero-order valence-electron chi connectivity index (χ0n) is 8.90. The average Bonchev–Trinajstić information content (AvgIpc) is 2.27. The molecule has 1 unspecified atom stereocenters. The summed E-state index contributed by atoms with van der Waals surface area (Å²) in [5.74, 6) is -0.251. The first-order chi connectivity index (χ1) is 7.05. The van der Waals surface area contributed by atoms with Gasteiger partial charge < -0.3 is 10.4 Å². The van der Waals surface area contributed by atoms with Crippen molar-refractivity contribution < 1.29 is 9.90 Å². The van der Waals surface area contributed by atoms with Crippen molar-refractivity contribution in [3.8, 4) is 0 Å². The number of amides is 1. The molecule has 0 radical (unpaired) electrons. The highest BCUT2D eigenvalue weighted by atomic mass is 16.3. The molecule has 2 N–H and O–H groups in total. The predicted octanol–water partition coefficient (Wildman–Crippen LogP) is 0.367. The number of rotatable bonds is 4. The van der Waals surface area contributed by atoms with Crippen molar-refractivity contribution in [1.29, 1.82) is 0 Å². The Labute approximate surface area is 88.5 Å². The molecule has 0 aromatic carbocycles. The van der Waals surface area contributed by atoms with Crippen molar-refractivity contribution in [2.24, 2.45) is 0 Å². The van der Waals surface area contributed by atoms with Crippen LogP contribution in [-0.4, -0.2) is 33.4 Å². The molecule has 1 amide bonds. The molecule has 0 aliphatic heterocycles. The lowest BCUT2D eigenvalue weighted by atomic mass is 10.0. The quantitative estimate of drug-likeness (QED) is 0.751. The summed E-state index contributed by atoms with van der Waals surface area (Å²) in [5.41, 5.74) is -0.423. The molecule has 1 atom stereocenters. The highest BCUT2D eigenvalue weighted by molar-refractivity contribution is 5.93. The van der Waals surface area contributed by atoms with E-state index in [0.29, 0.717) is 12.0 Å². The van der Waals surface area contributed by atoms with Gasteiger partial charge in [-0.3, -0.25) is 4.79 Å². The van der Waals surface area contributed by atoms with Gasteiger partial charge in [0.2, 0.25) is 0 Å².